The molecule has 0 bridgehead atoms. The van der Waals surface area contributed by atoms with Crippen molar-refractivity contribution >= 4 is 28.6 Å². The monoisotopic (exact) mass is 347 g/mol. The number of anilines is 1. The molecule has 0 aliphatic carbocycles. The van der Waals surface area contributed by atoms with Crippen molar-refractivity contribution in [3.63, 3.8) is 0 Å². The van der Waals surface area contributed by atoms with Crippen LogP contribution in [-0.4, -0.2) is 42.9 Å². The second-order valence-corrected chi connectivity index (χ2v) is 5.45. The van der Waals surface area contributed by atoms with Gasteiger partial charge in [-0.2, -0.15) is 0 Å². The highest BCUT2D eigenvalue weighted by atomic mass is 16.5. The van der Waals surface area contributed by atoms with Gasteiger partial charge in [0.1, 0.15) is 6.54 Å². The van der Waals surface area contributed by atoms with Gasteiger partial charge in [-0.3, -0.25) is 4.79 Å². The SMILES string of the molecule is CCOCCCNC(=O)Nc1ccc2c(ccn2CC(=O)OCC)c1. The maximum atomic E-state index is 11.9. The van der Waals surface area contributed by atoms with Crippen LogP contribution in [0.15, 0.2) is 30.5 Å². The van der Waals surface area contributed by atoms with E-state index in [0.717, 1.165) is 17.3 Å². The van der Waals surface area contributed by atoms with Crippen molar-refractivity contribution in [2.75, 3.05) is 31.7 Å². The third-order valence-corrected chi connectivity index (χ3v) is 3.59. The normalized spacial score (nSPS) is 10.6. The molecule has 1 heterocycles. The number of hydrogen-bond acceptors (Lipinski definition) is 4. The lowest BCUT2D eigenvalue weighted by Crippen LogP contribution is -2.30. The first-order valence-electron chi connectivity index (χ1n) is 8.51. The average Bonchev–Trinajstić information content (AvgIpc) is 2.97. The van der Waals surface area contributed by atoms with E-state index < -0.39 is 0 Å². The number of rotatable bonds is 9. The fourth-order valence-electron chi connectivity index (χ4n) is 2.46. The predicted octanol–water partition coefficient (Wildman–Crippen LogP) is 2.75. The molecule has 0 aliphatic rings. The van der Waals surface area contributed by atoms with Crippen molar-refractivity contribution in [2.45, 2.75) is 26.8 Å². The highest BCUT2D eigenvalue weighted by molar-refractivity contribution is 5.93. The van der Waals surface area contributed by atoms with Crippen LogP contribution in [0.3, 0.4) is 0 Å². The Kier molecular flexibility index (Phi) is 7.28. The van der Waals surface area contributed by atoms with E-state index in [0.29, 0.717) is 32.1 Å². The van der Waals surface area contributed by atoms with E-state index in [1.807, 2.05) is 42.0 Å². The molecule has 0 saturated carbocycles. The second-order valence-electron chi connectivity index (χ2n) is 5.45. The highest BCUT2D eigenvalue weighted by Crippen LogP contribution is 2.20. The summed E-state index contributed by atoms with van der Waals surface area (Å²) in [6.45, 7) is 6.14. The van der Waals surface area contributed by atoms with Crippen LogP contribution in [0.2, 0.25) is 0 Å². The van der Waals surface area contributed by atoms with Crippen LogP contribution in [0, 0.1) is 0 Å². The number of carbonyl (C=O) groups excluding carboxylic acids is 2. The number of ether oxygens (including phenoxy) is 2. The molecule has 25 heavy (non-hydrogen) atoms. The lowest BCUT2D eigenvalue weighted by atomic mass is 10.2. The topological polar surface area (TPSA) is 81.6 Å². The van der Waals surface area contributed by atoms with Gasteiger partial charge in [-0.1, -0.05) is 0 Å². The number of amides is 2. The quantitative estimate of drug-likeness (QED) is 0.540. The molecule has 1 aromatic heterocycles. The van der Waals surface area contributed by atoms with Crippen molar-refractivity contribution < 1.29 is 19.1 Å². The molecule has 0 fully saturated rings. The van der Waals surface area contributed by atoms with Gasteiger partial charge in [0.05, 0.1) is 6.61 Å². The molecule has 2 amide bonds. The highest BCUT2D eigenvalue weighted by Gasteiger charge is 2.08. The number of nitrogens with zero attached hydrogens (tertiary/aromatic N) is 1. The Morgan fingerprint density at radius 3 is 2.76 bits per heavy atom. The Labute approximate surface area is 147 Å². The molecule has 0 unspecified atom stereocenters. The number of aromatic nitrogens is 1. The van der Waals surface area contributed by atoms with Crippen LogP contribution in [-0.2, 0) is 20.8 Å². The lowest BCUT2D eigenvalue weighted by molar-refractivity contribution is -0.143. The van der Waals surface area contributed by atoms with Gasteiger partial charge in [-0.05, 0) is 44.5 Å². The van der Waals surface area contributed by atoms with E-state index in [1.54, 1.807) is 6.92 Å². The van der Waals surface area contributed by atoms with E-state index in [2.05, 4.69) is 10.6 Å². The Hall–Kier alpha value is -2.54. The smallest absolute Gasteiger partial charge is 0.325 e. The number of carbonyl (C=O) groups is 2. The first-order valence-corrected chi connectivity index (χ1v) is 8.51. The van der Waals surface area contributed by atoms with E-state index in [4.69, 9.17) is 9.47 Å². The molecule has 2 N–H and O–H groups in total. The summed E-state index contributed by atoms with van der Waals surface area (Å²) in [5.41, 5.74) is 1.61. The third kappa shape index (κ3) is 5.79. The molecule has 7 nitrogen and oxygen atoms in total. The molecule has 0 atom stereocenters. The molecule has 136 valence electrons. The third-order valence-electron chi connectivity index (χ3n) is 3.59. The standard InChI is InChI=1S/C18H25N3O4/c1-3-24-11-5-9-19-18(23)20-15-6-7-16-14(12-15)8-10-21(16)13-17(22)25-4-2/h6-8,10,12H,3-5,9,11,13H2,1-2H3,(H2,19,20,23). The van der Waals surface area contributed by atoms with Crippen LogP contribution >= 0.6 is 0 Å². The van der Waals surface area contributed by atoms with Gasteiger partial charge in [-0.15, -0.1) is 0 Å². The Morgan fingerprint density at radius 1 is 1.16 bits per heavy atom. The van der Waals surface area contributed by atoms with E-state index in [1.165, 1.54) is 0 Å². The maximum absolute atomic E-state index is 11.9. The number of nitrogens with one attached hydrogen (secondary N) is 2. The first-order chi connectivity index (χ1) is 12.1. The minimum atomic E-state index is -0.270. The average molecular weight is 347 g/mol. The molecule has 7 heteroatoms. The zero-order valence-corrected chi connectivity index (χ0v) is 14.7. The Morgan fingerprint density at radius 2 is 2.00 bits per heavy atom. The summed E-state index contributed by atoms with van der Waals surface area (Å²) in [4.78, 5) is 23.5. The Balaban J connectivity index is 1.90. The van der Waals surface area contributed by atoms with Gasteiger partial charge < -0.3 is 24.7 Å². The van der Waals surface area contributed by atoms with Crippen molar-refractivity contribution in [1.29, 1.82) is 0 Å². The molecule has 0 saturated heterocycles. The van der Waals surface area contributed by atoms with Crippen molar-refractivity contribution in [2.24, 2.45) is 0 Å². The zero-order valence-electron chi connectivity index (χ0n) is 14.7. The van der Waals surface area contributed by atoms with Gasteiger partial charge in [0.2, 0.25) is 0 Å². The summed E-state index contributed by atoms with van der Waals surface area (Å²) in [5.74, 6) is -0.270. The van der Waals surface area contributed by atoms with Gasteiger partial charge in [0.25, 0.3) is 0 Å². The first kappa shape index (κ1) is 18.8. The summed E-state index contributed by atoms with van der Waals surface area (Å²) in [5, 5.41) is 6.53. The molecule has 1 aromatic carbocycles. The number of hydrogen-bond donors (Lipinski definition) is 2. The van der Waals surface area contributed by atoms with Crippen LogP contribution in [0.5, 0.6) is 0 Å². The minimum Gasteiger partial charge on any atom is -0.465 e. The molecule has 0 spiro atoms. The fraction of sp³-hybridized carbons (Fsp3) is 0.444. The predicted molar refractivity (Wildman–Crippen MR) is 96.7 cm³/mol. The number of esters is 1. The van der Waals surface area contributed by atoms with Crippen molar-refractivity contribution in [3.05, 3.63) is 30.5 Å². The summed E-state index contributed by atoms with van der Waals surface area (Å²) >= 11 is 0. The summed E-state index contributed by atoms with van der Waals surface area (Å²) in [6.07, 6.45) is 2.61. The Bertz CT molecular complexity index is 711. The summed E-state index contributed by atoms with van der Waals surface area (Å²) in [6, 6.07) is 7.21. The second kappa shape index (κ2) is 9.68. The molecule has 2 rings (SSSR count). The number of benzene rings is 1. The molecule has 0 aliphatic heterocycles. The zero-order chi connectivity index (χ0) is 18.1. The molecular formula is C18H25N3O4. The van der Waals surface area contributed by atoms with E-state index in [-0.39, 0.29) is 18.5 Å². The number of urea groups is 1. The van der Waals surface area contributed by atoms with Gasteiger partial charge in [0.15, 0.2) is 0 Å². The van der Waals surface area contributed by atoms with Crippen molar-refractivity contribution in [3.8, 4) is 0 Å². The van der Waals surface area contributed by atoms with Gasteiger partial charge in [-0.25, -0.2) is 4.79 Å². The van der Waals surface area contributed by atoms with Crippen LogP contribution < -0.4 is 10.6 Å². The van der Waals surface area contributed by atoms with Crippen molar-refractivity contribution in [1.82, 2.24) is 9.88 Å². The van der Waals surface area contributed by atoms with Crippen LogP contribution in [0.25, 0.3) is 10.9 Å². The lowest BCUT2D eigenvalue weighted by Gasteiger charge is -2.09. The minimum absolute atomic E-state index is 0.171. The molecule has 0 radical (unpaired) electrons. The van der Waals surface area contributed by atoms with E-state index >= 15 is 0 Å². The largest absolute Gasteiger partial charge is 0.465 e. The van der Waals surface area contributed by atoms with Gasteiger partial charge >= 0.3 is 12.0 Å². The number of fused-ring (bicyclic) bond motifs is 1. The fourth-order valence-corrected chi connectivity index (χ4v) is 2.46. The van der Waals surface area contributed by atoms with E-state index in [9.17, 15) is 9.59 Å². The summed E-state index contributed by atoms with van der Waals surface area (Å²) < 4.78 is 12.0. The summed E-state index contributed by atoms with van der Waals surface area (Å²) in [7, 11) is 0. The maximum Gasteiger partial charge on any atom is 0.325 e. The molecular weight excluding hydrogens is 322 g/mol. The van der Waals surface area contributed by atoms with Gasteiger partial charge in [0, 0.05) is 42.5 Å². The van der Waals surface area contributed by atoms with Crippen LogP contribution in [0.4, 0.5) is 10.5 Å². The van der Waals surface area contributed by atoms with Crippen LogP contribution in [0.1, 0.15) is 20.3 Å². The molecule has 2 aromatic rings.